The number of aromatic nitrogens is 1. The van der Waals surface area contributed by atoms with Crippen molar-refractivity contribution in [3.05, 3.63) is 65.9 Å². The average Bonchev–Trinajstić information content (AvgIpc) is 3.10. The summed E-state index contributed by atoms with van der Waals surface area (Å²) in [7, 11) is 0. The summed E-state index contributed by atoms with van der Waals surface area (Å²) in [4.78, 5) is 2.91. The van der Waals surface area contributed by atoms with Crippen LogP contribution >= 0.6 is 0 Å². The summed E-state index contributed by atoms with van der Waals surface area (Å²) in [6, 6.07) is 14.0. The molecule has 0 aliphatic carbocycles. The van der Waals surface area contributed by atoms with Crippen LogP contribution in [0.15, 0.2) is 54.7 Å². The quantitative estimate of drug-likeness (QED) is 0.419. The van der Waals surface area contributed by atoms with Gasteiger partial charge in [0.1, 0.15) is 5.75 Å². The predicted octanol–water partition coefficient (Wildman–Crippen LogP) is 6.03. The van der Waals surface area contributed by atoms with Crippen LogP contribution in [-0.4, -0.2) is 41.7 Å². The van der Waals surface area contributed by atoms with Crippen molar-refractivity contribution in [2.75, 3.05) is 19.7 Å². The molecule has 8 heteroatoms. The summed E-state index contributed by atoms with van der Waals surface area (Å²) in [6.07, 6.45) is -0.431. The normalized spacial score (nSPS) is 16.3. The van der Waals surface area contributed by atoms with Gasteiger partial charge in [-0.15, -0.1) is 0 Å². The third-order valence-electron chi connectivity index (χ3n) is 5.78. The van der Waals surface area contributed by atoms with Crippen LogP contribution in [0.2, 0.25) is 0 Å². The first-order valence-electron chi connectivity index (χ1n) is 10.2. The van der Waals surface area contributed by atoms with Gasteiger partial charge in [0.2, 0.25) is 0 Å². The third kappa shape index (κ3) is 4.84. The summed E-state index contributed by atoms with van der Waals surface area (Å²) in [5.74, 6) is -3.77. The lowest BCUT2D eigenvalue weighted by molar-refractivity contribution is -0.148. The van der Waals surface area contributed by atoms with E-state index in [-0.39, 0.29) is 11.7 Å². The van der Waals surface area contributed by atoms with E-state index in [0.29, 0.717) is 16.9 Å². The van der Waals surface area contributed by atoms with E-state index >= 15 is 0 Å². The lowest BCUT2D eigenvalue weighted by Gasteiger charge is -2.32. The molecule has 0 radical (unpaired) electrons. The first-order chi connectivity index (χ1) is 14.8. The molecular formula is C23H23F5N2O. The van der Waals surface area contributed by atoms with Crippen LogP contribution in [0.25, 0.3) is 10.9 Å². The van der Waals surface area contributed by atoms with Crippen molar-refractivity contribution in [1.82, 2.24) is 9.69 Å². The van der Waals surface area contributed by atoms with Crippen LogP contribution in [0.3, 0.4) is 0 Å². The highest BCUT2D eigenvalue weighted by molar-refractivity contribution is 5.84. The number of para-hydroxylation sites is 1. The molecular weight excluding hydrogens is 415 g/mol. The Morgan fingerprint density at radius 1 is 1.03 bits per heavy atom. The Morgan fingerprint density at radius 2 is 1.77 bits per heavy atom. The molecule has 0 spiro atoms. The number of hydrogen-bond acceptors (Lipinski definition) is 2. The van der Waals surface area contributed by atoms with Gasteiger partial charge in [0.25, 0.3) is 0 Å². The summed E-state index contributed by atoms with van der Waals surface area (Å²) in [5, 5.41) is 0.939. The molecule has 31 heavy (non-hydrogen) atoms. The summed E-state index contributed by atoms with van der Waals surface area (Å²) >= 11 is 0. The van der Waals surface area contributed by atoms with E-state index in [1.165, 1.54) is 6.07 Å². The number of likely N-dealkylation sites (tertiary alicyclic amines) is 1. The van der Waals surface area contributed by atoms with Gasteiger partial charge in [-0.1, -0.05) is 34.8 Å². The second-order valence-corrected chi connectivity index (χ2v) is 7.96. The highest BCUT2D eigenvalue weighted by Gasteiger charge is 2.41. The van der Waals surface area contributed by atoms with Crippen LogP contribution in [0.1, 0.15) is 29.9 Å². The monoisotopic (exact) mass is 438 g/mol. The number of alkyl halides is 4. The van der Waals surface area contributed by atoms with Gasteiger partial charge >= 0.3 is 12.3 Å². The molecule has 4 rings (SSSR count). The standard InChI is InChI=1S/C23H23F5N2O/c24-22(25)23(26,27)15-31-18-5-3-4-16(12-18)13-29-10-8-17(9-11-29)20-14-30(28)21-7-2-1-6-19(20)21/h1-7,12,14,17,22H,8-11,13,15H2. The second-order valence-electron chi connectivity index (χ2n) is 7.96. The molecule has 0 saturated carbocycles. The first-order valence-corrected chi connectivity index (χ1v) is 10.2. The number of hydrogen-bond donors (Lipinski definition) is 0. The number of nitrogens with zero attached hydrogens (tertiary/aromatic N) is 2. The SMILES string of the molecule is FC(F)C(F)(F)COc1cccc(CN2CCC(c3cn(F)c4ccccc34)CC2)c1. The van der Waals surface area contributed by atoms with Gasteiger partial charge in [-0.05, 0) is 61.2 Å². The fourth-order valence-electron chi connectivity index (χ4n) is 4.13. The van der Waals surface area contributed by atoms with Crippen LogP contribution < -0.4 is 4.74 Å². The Labute approximate surface area is 177 Å². The zero-order valence-corrected chi connectivity index (χ0v) is 16.8. The molecule has 0 N–H and O–H groups in total. The molecule has 166 valence electrons. The predicted molar refractivity (Wildman–Crippen MR) is 109 cm³/mol. The van der Waals surface area contributed by atoms with Crippen molar-refractivity contribution < 1.29 is 26.8 Å². The molecule has 1 aliphatic heterocycles. The highest BCUT2D eigenvalue weighted by Crippen LogP contribution is 2.35. The molecule has 3 nitrogen and oxygen atoms in total. The minimum Gasteiger partial charge on any atom is -0.487 e. The first kappa shape index (κ1) is 21.6. The fraction of sp³-hybridized carbons (Fsp3) is 0.391. The number of fused-ring (bicyclic) bond motifs is 1. The molecule has 1 saturated heterocycles. The molecule has 0 bridgehead atoms. The maximum absolute atomic E-state index is 14.2. The third-order valence-corrected chi connectivity index (χ3v) is 5.78. The van der Waals surface area contributed by atoms with Crippen LogP contribution in [0, 0.1) is 0 Å². The summed E-state index contributed by atoms with van der Waals surface area (Å²) in [5.41, 5.74) is 2.46. The van der Waals surface area contributed by atoms with Crippen LogP contribution in [-0.2, 0) is 6.54 Å². The Morgan fingerprint density at radius 3 is 2.52 bits per heavy atom. The summed E-state index contributed by atoms with van der Waals surface area (Å²) in [6.45, 7) is 0.859. The zero-order chi connectivity index (χ0) is 22.0. The van der Waals surface area contributed by atoms with Crippen molar-refractivity contribution in [1.29, 1.82) is 0 Å². The van der Waals surface area contributed by atoms with Crippen molar-refractivity contribution in [3.8, 4) is 5.75 Å². The Hall–Kier alpha value is -2.61. The maximum atomic E-state index is 14.2. The summed E-state index contributed by atoms with van der Waals surface area (Å²) < 4.78 is 69.8. The number of halogens is 5. The minimum absolute atomic E-state index is 0.142. The van der Waals surface area contributed by atoms with Gasteiger partial charge in [-0.3, -0.25) is 4.90 Å². The minimum atomic E-state index is -4.18. The van der Waals surface area contributed by atoms with E-state index in [1.807, 2.05) is 24.3 Å². The molecule has 2 heterocycles. The Balaban J connectivity index is 1.35. The number of piperidine rings is 1. The van der Waals surface area contributed by atoms with Gasteiger partial charge in [-0.2, -0.15) is 13.6 Å². The number of rotatable bonds is 7. The number of benzene rings is 2. The second kappa shape index (κ2) is 8.86. The maximum Gasteiger partial charge on any atom is 0.340 e. The van der Waals surface area contributed by atoms with E-state index in [4.69, 9.17) is 4.74 Å². The highest BCUT2D eigenvalue weighted by atomic mass is 19.3. The largest absolute Gasteiger partial charge is 0.487 e. The Bertz CT molecular complexity index is 1030. The van der Waals surface area contributed by atoms with Crippen molar-refractivity contribution in [2.45, 2.75) is 37.7 Å². The van der Waals surface area contributed by atoms with Gasteiger partial charge in [-0.25, -0.2) is 8.78 Å². The van der Waals surface area contributed by atoms with Crippen molar-refractivity contribution in [3.63, 3.8) is 0 Å². The van der Waals surface area contributed by atoms with Crippen LogP contribution in [0.4, 0.5) is 22.0 Å². The van der Waals surface area contributed by atoms with Crippen LogP contribution in [0.5, 0.6) is 5.75 Å². The molecule has 3 aromatic rings. The van der Waals surface area contributed by atoms with E-state index in [0.717, 1.165) is 42.4 Å². The Kier molecular flexibility index (Phi) is 6.18. The number of ether oxygens (including phenoxy) is 1. The molecule has 1 aliphatic rings. The molecule has 0 amide bonds. The topological polar surface area (TPSA) is 17.4 Å². The molecule has 2 aromatic carbocycles. The zero-order valence-electron chi connectivity index (χ0n) is 16.8. The van der Waals surface area contributed by atoms with E-state index in [1.54, 1.807) is 24.4 Å². The molecule has 1 fully saturated rings. The van der Waals surface area contributed by atoms with Gasteiger partial charge in [0.15, 0.2) is 6.61 Å². The molecule has 0 atom stereocenters. The van der Waals surface area contributed by atoms with Crippen molar-refractivity contribution >= 4 is 10.9 Å². The van der Waals surface area contributed by atoms with E-state index < -0.39 is 19.0 Å². The van der Waals surface area contributed by atoms with E-state index in [2.05, 4.69) is 4.90 Å². The average molecular weight is 438 g/mol. The smallest absolute Gasteiger partial charge is 0.340 e. The molecule has 1 aromatic heterocycles. The van der Waals surface area contributed by atoms with Gasteiger partial charge in [0, 0.05) is 18.1 Å². The van der Waals surface area contributed by atoms with Gasteiger partial charge < -0.3 is 4.74 Å². The molecule has 0 unspecified atom stereocenters. The lowest BCUT2D eigenvalue weighted by atomic mass is 9.89. The van der Waals surface area contributed by atoms with Gasteiger partial charge in [0.05, 0.1) is 5.52 Å². The van der Waals surface area contributed by atoms with E-state index in [9.17, 15) is 22.0 Å². The lowest BCUT2D eigenvalue weighted by Crippen LogP contribution is -2.34. The van der Waals surface area contributed by atoms with Crippen molar-refractivity contribution in [2.24, 2.45) is 0 Å². The fourth-order valence-corrected chi connectivity index (χ4v) is 4.13.